The molecule has 1 aliphatic rings. The van der Waals surface area contributed by atoms with Gasteiger partial charge in [-0.15, -0.1) is 11.3 Å². The summed E-state index contributed by atoms with van der Waals surface area (Å²) in [4.78, 5) is 22.9. The Bertz CT molecular complexity index is 1090. The topological polar surface area (TPSA) is 99.9 Å². The third-order valence-corrected chi connectivity index (χ3v) is 5.49. The highest BCUT2D eigenvalue weighted by Gasteiger charge is 2.21. The number of thiazole rings is 1. The number of rotatable bonds is 4. The normalized spacial score (nSPS) is 12.3. The zero-order valence-corrected chi connectivity index (χ0v) is 16.2. The van der Waals surface area contributed by atoms with Crippen molar-refractivity contribution in [3.63, 3.8) is 0 Å². The van der Waals surface area contributed by atoms with Gasteiger partial charge in [0.25, 0.3) is 5.91 Å². The molecule has 3 heterocycles. The Morgan fingerprint density at radius 2 is 2.18 bits per heavy atom. The monoisotopic (exact) mass is 391 g/mol. The van der Waals surface area contributed by atoms with Crippen LogP contribution in [0, 0.1) is 18.3 Å². The van der Waals surface area contributed by atoms with Crippen LogP contribution in [0.4, 0.5) is 5.13 Å². The number of anilines is 1. The summed E-state index contributed by atoms with van der Waals surface area (Å²) in [6, 6.07) is 9.07. The van der Waals surface area contributed by atoms with Crippen molar-refractivity contribution in [3.05, 3.63) is 57.9 Å². The molecule has 0 bridgehead atoms. The first kappa shape index (κ1) is 18.1. The highest BCUT2D eigenvalue weighted by atomic mass is 32.1. The summed E-state index contributed by atoms with van der Waals surface area (Å²) in [5.74, 6) is 0.283. The van der Waals surface area contributed by atoms with Crippen molar-refractivity contribution < 1.29 is 9.53 Å². The van der Waals surface area contributed by atoms with Gasteiger partial charge in [0.2, 0.25) is 0 Å². The lowest BCUT2D eigenvalue weighted by atomic mass is 9.97. The second-order valence-corrected chi connectivity index (χ2v) is 7.43. The number of methoxy groups -OCH3 is 1. The second kappa shape index (κ2) is 7.38. The number of ether oxygens (including phenoxy) is 1. The fraction of sp³-hybridized carbons (Fsp3) is 0.200. The number of carbonyl (C=O) groups is 1. The van der Waals surface area contributed by atoms with E-state index in [0.29, 0.717) is 33.1 Å². The Balaban J connectivity index is 1.74. The Hall–Kier alpha value is -3.28. The average molecular weight is 391 g/mol. The molecular formula is C20H17N5O2S. The molecule has 2 N–H and O–H groups in total. The highest BCUT2D eigenvalue weighted by Crippen LogP contribution is 2.34. The van der Waals surface area contributed by atoms with Gasteiger partial charge in [-0.3, -0.25) is 15.1 Å². The third-order valence-electron chi connectivity index (χ3n) is 4.48. The van der Waals surface area contributed by atoms with Crippen molar-refractivity contribution >= 4 is 22.4 Å². The number of nitriles is 1. The van der Waals surface area contributed by atoms with E-state index in [1.54, 1.807) is 31.5 Å². The molecule has 8 heteroatoms. The molecule has 28 heavy (non-hydrogen) atoms. The lowest BCUT2D eigenvalue weighted by Crippen LogP contribution is -2.14. The Kier molecular flexibility index (Phi) is 4.77. The first-order valence-corrected chi connectivity index (χ1v) is 9.46. The molecule has 0 aliphatic carbocycles. The van der Waals surface area contributed by atoms with Gasteiger partial charge >= 0.3 is 0 Å². The lowest BCUT2D eigenvalue weighted by Gasteiger charge is -2.13. The Morgan fingerprint density at radius 3 is 2.93 bits per heavy atom. The summed E-state index contributed by atoms with van der Waals surface area (Å²) >= 11 is 1.47. The molecule has 0 unspecified atom stereocenters. The van der Waals surface area contributed by atoms with Crippen LogP contribution in [0.3, 0.4) is 0 Å². The van der Waals surface area contributed by atoms with Gasteiger partial charge in [-0.1, -0.05) is 0 Å². The standard InChI is InChI=1S/C20H17N5O2S/c1-11-5-13(14-6-12(7-21)3-4-17(14)27-2)15(8-23-11)19(26)25-20-24-16-9-22-10-18(16)28-20/h3-6,8,22H,9-10H2,1-2H3,(H,24,25,26). The Morgan fingerprint density at radius 1 is 1.32 bits per heavy atom. The van der Waals surface area contributed by atoms with Gasteiger partial charge in [-0.05, 0) is 31.2 Å². The van der Waals surface area contributed by atoms with Gasteiger partial charge in [-0.25, -0.2) is 4.98 Å². The second-order valence-electron chi connectivity index (χ2n) is 6.34. The van der Waals surface area contributed by atoms with Gasteiger partial charge in [0.15, 0.2) is 5.13 Å². The maximum Gasteiger partial charge on any atom is 0.259 e. The zero-order chi connectivity index (χ0) is 19.7. The minimum Gasteiger partial charge on any atom is -0.496 e. The number of pyridine rings is 1. The molecule has 140 valence electrons. The number of hydrogen-bond acceptors (Lipinski definition) is 7. The van der Waals surface area contributed by atoms with Crippen LogP contribution in [0.1, 0.15) is 32.2 Å². The first-order valence-electron chi connectivity index (χ1n) is 8.65. The molecule has 1 aliphatic heterocycles. The van der Waals surface area contributed by atoms with Crippen LogP contribution in [-0.2, 0) is 13.1 Å². The van der Waals surface area contributed by atoms with Crippen molar-refractivity contribution in [1.29, 1.82) is 5.26 Å². The number of nitrogens with one attached hydrogen (secondary N) is 2. The summed E-state index contributed by atoms with van der Waals surface area (Å²) in [5.41, 5.74) is 3.95. The number of fused-ring (bicyclic) bond motifs is 1. The molecule has 0 saturated carbocycles. The molecular weight excluding hydrogens is 374 g/mol. The minimum absolute atomic E-state index is 0.299. The molecule has 0 atom stereocenters. The number of aromatic nitrogens is 2. The van der Waals surface area contributed by atoms with Crippen molar-refractivity contribution in [2.24, 2.45) is 0 Å². The number of benzene rings is 1. The van der Waals surface area contributed by atoms with Crippen LogP contribution in [0.15, 0.2) is 30.5 Å². The van der Waals surface area contributed by atoms with Gasteiger partial charge in [0, 0.05) is 41.0 Å². The van der Waals surface area contributed by atoms with E-state index in [-0.39, 0.29) is 5.91 Å². The third kappa shape index (κ3) is 3.33. The summed E-state index contributed by atoms with van der Waals surface area (Å²) < 4.78 is 5.45. The van der Waals surface area contributed by atoms with Gasteiger partial charge in [0.05, 0.1) is 30.0 Å². The van der Waals surface area contributed by atoms with E-state index in [4.69, 9.17) is 4.74 Å². The maximum absolute atomic E-state index is 13.0. The molecule has 0 fully saturated rings. The van der Waals surface area contributed by atoms with Crippen LogP contribution in [0.25, 0.3) is 11.1 Å². The van der Waals surface area contributed by atoms with Crippen molar-refractivity contribution in [2.45, 2.75) is 20.0 Å². The molecule has 4 rings (SSSR count). The molecule has 0 radical (unpaired) electrons. The summed E-state index contributed by atoms with van der Waals surface area (Å²) in [7, 11) is 1.56. The smallest absolute Gasteiger partial charge is 0.259 e. The number of aryl methyl sites for hydroxylation is 1. The molecule has 3 aromatic rings. The fourth-order valence-corrected chi connectivity index (χ4v) is 4.07. The van der Waals surface area contributed by atoms with E-state index in [1.807, 2.05) is 13.0 Å². The number of amides is 1. The lowest BCUT2D eigenvalue weighted by molar-refractivity contribution is 0.102. The van der Waals surface area contributed by atoms with Gasteiger partial charge in [0.1, 0.15) is 5.75 Å². The van der Waals surface area contributed by atoms with Gasteiger partial charge in [-0.2, -0.15) is 5.26 Å². The summed E-state index contributed by atoms with van der Waals surface area (Å²) in [6.07, 6.45) is 1.54. The summed E-state index contributed by atoms with van der Waals surface area (Å²) in [5, 5.41) is 15.9. The highest BCUT2D eigenvalue weighted by molar-refractivity contribution is 7.15. The van der Waals surface area contributed by atoms with Crippen molar-refractivity contribution in [1.82, 2.24) is 15.3 Å². The maximum atomic E-state index is 13.0. The zero-order valence-electron chi connectivity index (χ0n) is 15.4. The predicted octanol–water partition coefficient (Wildman–Crippen LogP) is 3.25. The van der Waals surface area contributed by atoms with Crippen LogP contribution >= 0.6 is 11.3 Å². The quantitative estimate of drug-likeness (QED) is 0.708. The van der Waals surface area contributed by atoms with Crippen molar-refractivity contribution in [3.8, 4) is 22.9 Å². The molecule has 1 amide bonds. The van der Waals surface area contributed by atoms with Crippen molar-refractivity contribution in [2.75, 3.05) is 12.4 Å². The SMILES string of the molecule is COc1ccc(C#N)cc1-c1cc(C)ncc1C(=O)Nc1nc2c(s1)CNC2. The predicted molar refractivity (Wildman–Crippen MR) is 106 cm³/mol. The van der Waals surface area contributed by atoms with Crippen LogP contribution in [-0.4, -0.2) is 23.0 Å². The van der Waals surface area contributed by atoms with E-state index in [2.05, 4.69) is 26.7 Å². The van der Waals surface area contributed by atoms with Crippen LogP contribution in [0.2, 0.25) is 0 Å². The molecule has 0 spiro atoms. The molecule has 0 saturated heterocycles. The first-order chi connectivity index (χ1) is 13.6. The van der Waals surface area contributed by atoms with Gasteiger partial charge < -0.3 is 10.1 Å². The van der Waals surface area contributed by atoms with E-state index < -0.39 is 0 Å². The van der Waals surface area contributed by atoms with Crippen LogP contribution < -0.4 is 15.4 Å². The largest absolute Gasteiger partial charge is 0.496 e. The molecule has 7 nitrogen and oxygen atoms in total. The van der Waals surface area contributed by atoms with E-state index in [0.717, 1.165) is 29.4 Å². The van der Waals surface area contributed by atoms with E-state index in [1.165, 1.54) is 11.3 Å². The molecule has 1 aromatic carbocycles. The fourth-order valence-electron chi connectivity index (χ4n) is 3.12. The summed E-state index contributed by atoms with van der Waals surface area (Å²) in [6.45, 7) is 3.35. The number of nitrogens with zero attached hydrogens (tertiary/aromatic N) is 3. The van der Waals surface area contributed by atoms with E-state index in [9.17, 15) is 10.1 Å². The number of hydrogen-bond donors (Lipinski definition) is 2. The van der Waals surface area contributed by atoms with Crippen LogP contribution in [0.5, 0.6) is 5.75 Å². The van der Waals surface area contributed by atoms with E-state index >= 15 is 0 Å². The minimum atomic E-state index is -0.299. The molecule has 2 aromatic heterocycles. The Labute approximate surface area is 166 Å². The number of carbonyl (C=O) groups excluding carboxylic acids is 1. The average Bonchev–Trinajstić information content (AvgIpc) is 3.28.